The minimum absolute atomic E-state index is 0.0614. The summed E-state index contributed by atoms with van der Waals surface area (Å²) in [7, 11) is 3.31. The third-order valence-electron chi connectivity index (χ3n) is 2.67. The van der Waals surface area contributed by atoms with Gasteiger partial charge in [-0.2, -0.15) is 18.3 Å². The maximum atomic E-state index is 12.7. The maximum absolute atomic E-state index is 12.7. The number of hydrogen-bond acceptors (Lipinski definition) is 4. The first kappa shape index (κ1) is 12.7. The van der Waals surface area contributed by atoms with Crippen molar-refractivity contribution in [1.82, 2.24) is 20.0 Å². The number of rotatable bonds is 2. The van der Waals surface area contributed by atoms with Crippen molar-refractivity contribution in [3.63, 3.8) is 0 Å². The first-order valence-electron chi connectivity index (χ1n) is 5.47. The summed E-state index contributed by atoms with van der Waals surface area (Å²) in [5, 5.41) is 6.34. The van der Waals surface area contributed by atoms with Crippen molar-refractivity contribution < 1.29 is 13.2 Å². The Labute approximate surface area is 102 Å². The summed E-state index contributed by atoms with van der Waals surface area (Å²) in [6.45, 7) is 1.51. The van der Waals surface area contributed by atoms with Gasteiger partial charge in [0.05, 0.1) is 6.54 Å². The van der Waals surface area contributed by atoms with Crippen LogP contribution in [0.3, 0.4) is 0 Å². The molecule has 0 aromatic carbocycles. The summed E-state index contributed by atoms with van der Waals surface area (Å²) in [6, 6.07) is 0. The quantitative estimate of drug-likeness (QED) is 0.857. The van der Waals surface area contributed by atoms with E-state index in [9.17, 15) is 13.2 Å². The number of nitrogens with one attached hydrogen (secondary N) is 1. The average Bonchev–Trinajstić information content (AvgIpc) is 2.81. The Bertz CT molecular complexity index is 463. The van der Waals surface area contributed by atoms with Crippen molar-refractivity contribution in [2.24, 2.45) is 12.0 Å². The number of nitrogens with zero attached hydrogens (tertiary/aromatic N) is 4. The first-order chi connectivity index (χ1) is 8.38. The molecule has 1 N–H and O–H groups in total. The van der Waals surface area contributed by atoms with Crippen LogP contribution in [0.5, 0.6) is 0 Å². The van der Waals surface area contributed by atoms with E-state index in [0.29, 0.717) is 12.5 Å². The van der Waals surface area contributed by atoms with Crippen molar-refractivity contribution >= 4 is 5.96 Å². The van der Waals surface area contributed by atoms with Crippen molar-refractivity contribution in [3.05, 3.63) is 17.5 Å². The van der Waals surface area contributed by atoms with Crippen LogP contribution in [0, 0.1) is 0 Å². The van der Waals surface area contributed by atoms with Gasteiger partial charge in [0.2, 0.25) is 0 Å². The Morgan fingerprint density at radius 3 is 2.67 bits per heavy atom. The highest BCUT2D eigenvalue weighted by atomic mass is 19.4. The molecule has 0 aliphatic carbocycles. The maximum Gasteiger partial charge on any atom is 0.435 e. The molecule has 100 valence electrons. The SMILES string of the molecule is CN1CCN=C1NCc1cn(C)nc1C(F)(F)F. The largest absolute Gasteiger partial charge is 0.435 e. The minimum atomic E-state index is -4.43. The lowest BCUT2D eigenvalue weighted by Crippen LogP contribution is -2.35. The molecule has 0 unspecified atom stereocenters. The lowest BCUT2D eigenvalue weighted by Gasteiger charge is -2.15. The zero-order valence-electron chi connectivity index (χ0n) is 10.1. The molecule has 0 saturated heterocycles. The van der Waals surface area contributed by atoms with Crippen LogP contribution in [-0.2, 0) is 19.8 Å². The molecular weight excluding hydrogens is 247 g/mol. The normalized spacial score (nSPS) is 16.1. The monoisotopic (exact) mass is 261 g/mol. The van der Waals surface area contributed by atoms with Crippen molar-refractivity contribution in [3.8, 4) is 0 Å². The van der Waals surface area contributed by atoms with E-state index in [1.54, 1.807) is 0 Å². The highest BCUT2D eigenvalue weighted by molar-refractivity contribution is 5.81. The van der Waals surface area contributed by atoms with E-state index in [-0.39, 0.29) is 12.1 Å². The first-order valence-corrected chi connectivity index (χ1v) is 5.47. The van der Waals surface area contributed by atoms with Crippen molar-refractivity contribution in [2.45, 2.75) is 12.7 Å². The highest BCUT2D eigenvalue weighted by Gasteiger charge is 2.36. The predicted octanol–water partition coefficient (Wildman–Crippen LogP) is 0.830. The van der Waals surface area contributed by atoms with E-state index in [1.807, 2.05) is 11.9 Å². The summed E-state index contributed by atoms with van der Waals surface area (Å²) >= 11 is 0. The van der Waals surface area contributed by atoms with Crippen LogP contribution in [0.1, 0.15) is 11.3 Å². The number of likely N-dealkylation sites (N-methyl/N-ethyl adjacent to an activating group) is 1. The fourth-order valence-corrected chi connectivity index (χ4v) is 1.80. The Kier molecular flexibility index (Phi) is 3.18. The van der Waals surface area contributed by atoms with Gasteiger partial charge in [-0.15, -0.1) is 0 Å². The lowest BCUT2D eigenvalue weighted by molar-refractivity contribution is -0.142. The molecule has 0 fully saturated rings. The molecule has 18 heavy (non-hydrogen) atoms. The van der Waals surface area contributed by atoms with Crippen LogP contribution >= 0.6 is 0 Å². The van der Waals surface area contributed by atoms with Crippen LogP contribution in [0.4, 0.5) is 13.2 Å². The zero-order valence-corrected chi connectivity index (χ0v) is 10.1. The van der Waals surface area contributed by atoms with Crippen molar-refractivity contribution in [1.29, 1.82) is 0 Å². The fraction of sp³-hybridized carbons (Fsp3) is 0.600. The van der Waals surface area contributed by atoms with Gasteiger partial charge in [0.1, 0.15) is 0 Å². The molecule has 0 amide bonds. The Morgan fingerprint density at radius 2 is 2.11 bits per heavy atom. The van der Waals surface area contributed by atoms with Crippen LogP contribution in [0.25, 0.3) is 0 Å². The summed E-state index contributed by atoms with van der Waals surface area (Å²) < 4.78 is 39.3. The second kappa shape index (κ2) is 4.51. The summed E-state index contributed by atoms with van der Waals surface area (Å²) in [4.78, 5) is 6.02. The van der Waals surface area contributed by atoms with Gasteiger partial charge in [0.25, 0.3) is 0 Å². The van der Waals surface area contributed by atoms with Gasteiger partial charge < -0.3 is 10.2 Å². The molecule has 0 saturated carbocycles. The smallest absolute Gasteiger partial charge is 0.352 e. The number of aliphatic imine (C=N–C) groups is 1. The van der Waals surface area contributed by atoms with E-state index in [0.717, 1.165) is 6.54 Å². The minimum Gasteiger partial charge on any atom is -0.352 e. The highest BCUT2D eigenvalue weighted by Crippen LogP contribution is 2.30. The van der Waals surface area contributed by atoms with Gasteiger partial charge in [-0.1, -0.05) is 0 Å². The van der Waals surface area contributed by atoms with Gasteiger partial charge in [-0.25, -0.2) is 0 Å². The number of alkyl halides is 3. The third-order valence-corrected chi connectivity index (χ3v) is 2.67. The van der Waals surface area contributed by atoms with Crippen LogP contribution in [-0.4, -0.2) is 40.8 Å². The molecule has 2 heterocycles. The number of aromatic nitrogens is 2. The fourth-order valence-electron chi connectivity index (χ4n) is 1.80. The van der Waals surface area contributed by atoms with E-state index < -0.39 is 11.9 Å². The summed E-state index contributed by atoms with van der Waals surface area (Å²) in [5.41, 5.74) is -0.730. The third kappa shape index (κ3) is 2.57. The number of guanidine groups is 1. The Balaban J connectivity index is 2.10. The van der Waals surface area contributed by atoms with Gasteiger partial charge >= 0.3 is 6.18 Å². The van der Waals surface area contributed by atoms with Gasteiger partial charge in [-0.05, 0) is 0 Å². The molecule has 1 aromatic heterocycles. The lowest BCUT2D eigenvalue weighted by atomic mass is 10.2. The molecule has 1 aromatic rings. The van der Waals surface area contributed by atoms with Crippen LogP contribution in [0.15, 0.2) is 11.2 Å². The van der Waals surface area contributed by atoms with E-state index in [1.165, 1.54) is 17.9 Å². The van der Waals surface area contributed by atoms with Gasteiger partial charge in [0, 0.05) is 38.9 Å². The van der Waals surface area contributed by atoms with E-state index in [4.69, 9.17) is 0 Å². The summed E-state index contributed by atoms with van der Waals surface area (Å²) in [6.07, 6.45) is -3.06. The standard InChI is InChI=1S/C10H14F3N5/c1-17-4-3-14-9(17)15-5-7-6-18(2)16-8(7)10(11,12)13/h6H,3-5H2,1-2H3,(H,14,15). The molecule has 1 aliphatic rings. The molecule has 2 rings (SSSR count). The molecule has 1 aliphatic heterocycles. The number of halogens is 3. The van der Waals surface area contributed by atoms with Crippen LogP contribution < -0.4 is 5.32 Å². The molecule has 0 radical (unpaired) electrons. The van der Waals surface area contributed by atoms with E-state index in [2.05, 4.69) is 15.4 Å². The van der Waals surface area contributed by atoms with E-state index >= 15 is 0 Å². The second-order valence-corrected chi connectivity index (χ2v) is 4.15. The van der Waals surface area contributed by atoms with Crippen LogP contribution in [0.2, 0.25) is 0 Å². The van der Waals surface area contributed by atoms with Crippen molar-refractivity contribution in [2.75, 3.05) is 20.1 Å². The number of aryl methyl sites for hydroxylation is 1. The Morgan fingerprint density at radius 1 is 1.39 bits per heavy atom. The second-order valence-electron chi connectivity index (χ2n) is 4.15. The Hall–Kier alpha value is -1.73. The molecular formula is C10H14F3N5. The van der Waals surface area contributed by atoms with Gasteiger partial charge in [-0.3, -0.25) is 9.67 Å². The summed E-state index contributed by atoms with van der Waals surface area (Å²) in [5.74, 6) is 0.618. The molecule has 0 bridgehead atoms. The predicted molar refractivity (Wildman–Crippen MR) is 60.0 cm³/mol. The molecule has 8 heteroatoms. The zero-order chi connectivity index (χ0) is 13.3. The molecule has 0 atom stereocenters. The molecule has 0 spiro atoms. The molecule has 5 nitrogen and oxygen atoms in total. The topological polar surface area (TPSA) is 45.5 Å². The average molecular weight is 261 g/mol. The number of hydrogen-bond donors (Lipinski definition) is 1. The van der Waals surface area contributed by atoms with Gasteiger partial charge in [0.15, 0.2) is 11.7 Å².